The summed E-state index contributed by atoms with van der Waals surface area (Å²) in [6.07, 6.45) is 2.02. The van der Waals surface area contributed by atoms with Crippen molar-refractivity contribution < 1.29 is 0 Å². The highest BCUT2D eigenvalue weighted by Gasteiger charge is 2.19. The number of anilines is 1. The van der Waals surface area contributed by atoms with E-state index < -0.39 is 0 Å². The molecule has 4 heteroatoms. The lowest BCUT2D eigenvalue weighted by Gasteiger charge is -2.36. The summed E-state index contributed by atoms with van der Waals surface area (Å²) in [4.78, 5) is 9.71. The van der Waals surface area contributed by atoms with Crippen LogP contribution in [0, 0.1) is 12.8 Å². The average molecular weight is 290 g/mol. The average Bonchev–Trinajstić information content (AvgIpc) is 2.46. The molecule has 0 atom stereocenters. The monoisotopic (exact) mass is 290 g/mol. The number of aromatic nitrogens is 1. The summed E-state index contributed by atoms with van der Waals surface area (Å²) in [5.74, 6) is 1.92. The van der Waals surface area contributed by atoms with E-state index in [9.17, 15) is 0 Å². The Labute approximate surface area is 129 Å². The van der Waals surface area contributed by atoms with Crippen molar-refractivity contribution >= 4 is 5.82 Å². The second-order valence-electron chi connectivity index (χ2n) is 6.45. The zero-order valence-corrected chi connectivity index (χ0v) is 14.0. The van der Waals surface area contributed by atoms with Crippen molar-refractivity contribution in [1.29, 1.82) is 0 Å². The van der Waals surface area contributed by atoms with E-state index in [1.807, 2.05) is 6.20 Å². The van der Waals surface area contributed by atoms with E-state index in [4.69, 9.17) is 4.98 Å². The molecule has 21 heavy (non-hydrogen) atoms. The molecule has 0 bridgehead atoms. The summed E-state index contributed by atoms with van der Waals surface area (Å²) in [5.41, 5.74) is 2.57. The largest absolute Gasteiger partial charge is 0.354 e. The first-order chi connectivity index (χ1) is 10.1. The van der Waals surface area contributed by atoms with Crippen LogP contribution in [-0.2, 0) is 6.54 Å². The molecule has 0 aromatic carbocycles. The molecule has 0 spiro atoms. The maximum absolute atomic E-state index is 4.71. The van der Waals surface area contributed by atoms with Crippen molar-refractivity contribution in [3.8, 4) is 0 Å². The smallest absolute Gasteiger partial charge is 0.131 e. The van der Waals surface area contributed by atoms with E-state index >= 15 is 0 Å². The van der Waals surface area contributed by atoms with E-state index in [0.29, 0.717) is 0 Å². The van der Waals surface area contributed by atoms with Gasteiger partial charge in [-0.3, -0.25) is 4.90 Å². The van der Waals surface area contributed by atoms with Gasteiger partial charge in [0.1, 0.15) is 5.82 Å². The van der Waals surface area contributed by atoms with Gasteiger partial charge < -0.3 is 10.2 Å². The summed E-state index contributed by atoms with van der Waals surface area (Å²) < 4.78 is 0. The molecule has 1 aromatic rings. The van der Waals surface area contributed by atoms with Gasteiger partial charge in [0.05, 0.1) is 0 Å². The Bertz CT molecular complexity index is 436. The molecule has 1 saturated heterocycles. The number of hydrogen-bond acceptors (Lipinski definition) is 4. The molecule has 4 nitrogen and oxygen atoms in total. The van der Waals surface area contributed by atoms with Gasteiger partial charge in [-0.25, -0.2) is 4.98 Å². The third-order valence-corrected chi connectivity index (χ3v) is 3.98. The number of nitrogens with zero attached hydrogens (tertiary/aromatic N) is 3. The highest BCUT2D eigenvalue weighted by molar-refractivity contribution is 5.47. The van der Waals surface area contributed by atoms with Crippen LogP contribution in [0.15, 0.2) is 12.3 Å². The molecule has 1 aliphatic heterocycles. The standard InChI is InChI=1S/C17H30N4/c1-5-18-11-16-10-15(4)17(19-12-16)21-8-6-20(7-9-21)13-14(2)3/h10,12,14,18H,5-9,11,13H2,1-4H3. The molecule has 2 rings (SSSR count). The summed E-state index contributed by atoms with van der Waals surface area (Å²) >= 11 is 0. The molecule has 1 N–H and O–H groups in total. The van der Waals surface area contributed by atoms with Gasteiger partial charge in [0.2, 0.25) is 0 Å². The highest BCUT2D eigenvalue weighted by atomic mass is 15.3. The maximum Gasteiger partial charge on any atom is 0.131 e. The van der Waals surface area contributed by atoms with Crippen LogP contribution in [-0.4, -0.2) is 49.2 Å². The van der Waals surface area contributed by atoms with E-state index in [2.05, 4.69) is 48.9 Å². The first-order valence-electron chi connectivity index (χ1n) is 8.23. The molecular formula is C17H30N4. The van der Waals surface area contributed by atoms with Crippen LogP contribution in [0.1, 0.15) is 31.9 Å². The first-order valence-corrected chi connectivity index (χ1v) is 8.23. The van der Waals surface area contributed by atoms with Gasteiger partial charge in [-0.1, -0.05) is 20.8 Å². The first kappa shape index (κ1) is 16.2. The summed E-state index contributed by atoms with van der Waals surface area (Å²) in [5, 5.41) is 3.35. The Morgan fingerprint density at radius 3 is 2.52 bits per heavy atom. The van der Waals surface area contributed by atoms with Crippen molar-refractivity contribution in [2.45, 2.75) is 34.2 Å². The molecule has 118 valence electrons. The maximum atomic E-state index is 4.71. The Morgan fingerprint density at radius 2 is 1.95 bits per heavy atom. The lowest BCUT2D eigenvalue weighted by atomic mass is 10.1. The highest BCUT2D eigenvalue weighted by Crippen LogP contribution is 2.20. The van der Waals surface area contributed by atoms with Crippen LogP contribution < -0.4 is 10.2 Å². The van der Waals surface area contributed by atoms with Gasteiger partial charge in [-0.15, -0.1) is 0 Å². The summed E-state index contributed by atoms with van der Waals surface area (Å²) in [6.45, 7) is 16.5. The van der Waals surface area contributed by atoms with E-state index in [0.717, 1.165) is 45.2 Å². The van der Waals surface area contributed by atoms with Crippen molar-refractivity contribution in [2.75, 3.05) is 44.2 Å². The van der Waals surface area contributed by atoms with Gasteiger partial charge in [0.15, 0.2) is 0 Å². The molecular weight excluding hydrogens is 260 g/mol. The fourth-order valence-electron chi connectivity index (χ4n) is 2.98. The number of aryl methyl sites for hydroxylation is 1. The lowest BCUT2D eigenvalue weighted by Crippen LogP contribution is -2.47. The van der Waals surface area contributed by atoms with Crippen molar-refractivity contribution in [2.24, 2.45) is 5.92 Å². The number of hydrogen-bond donors (Lipinski definition) is 1. The van der Waals surface area contributed by atoms with E-state index in [1.165, 1.54) is 23.5 Å². The molecule has 0 amide bonds. The van der Waals surface area contributed by atoms with Gasteiger partial charge in [0.25, 0.3) is 0 Å². The molecule has 0 aliphatic carbocycles. The second kappa shape index (κ2) is 7.76. The number of pyridine rings is 1. The number of piperazine rings is 1. The van der Waals surface area contributed by atoms with Crippen LogP contribution >= 0.6 is 0 Å². The molecule has 2 heterocycles. The normalized spacial score (nSPS) is 16.7. The Hall–Kier alpha value is -1.13. The van der Waals surface area contributed by atoms with Crippen LogP contribution in [0.4, 0.5) is 5.82 Å². The van der Waals surface area contributed by atoms with Gasteiger partial charge >= 0.3 is 0 Å². The zero-order chi connectivity index (χ0) is 15.2. The fraction of sp³-hybridized carbons (Fsp3) is 0.706. The number of rotatable bonds is 6. The van der Waals surface area contributed by atoms with Gasteiger partial charge in [-0.05, 0) is 36.6 Å². The Kier molecular flexibility index (Phi) is 6.00. The number of nitrogens with one attached hydrogen (secondary N) is 1. The van der Waals surface area contributed by atoms with Crippen molar-refractivity contribution in [3.63, 3.8) is 0 Å². The van der Waals surface area contributed by atoms with Crippen LogP contribution in [0.25, 0.3) is 0 Å². The molecule has 1 aliphatic rings. The molecule has 1 aromatic heterocycles. The van der Waals surface area contributed by atoms with Gasteiger partial charge in [-0.2, -0.15) is 0 Å². The minimum absolute atomic E-state index is 0.752. The summed E-state index contributed by atoms with van der Waals surface area (Å²) in [7, 11) is 0. The Morgan fingerprint density at radius 1 is 1.24 bits per heavy atom. The fourth-order valence-corrected chi connectivity index (χ4v) is 2.98. The minimum Gasteiger partial charge on any atom is -0.354 e. The minimum atomic E-state index is 0.752. The topological polar surface area (TPSA) is 31.4 Å². The molecule has 0 radical (unpaired) electrons. The van der Waals surface area contributed by atoms with Crippen LogP contribution in [0.5, 0.6) is 0 Å². The summed E-state index contributed by atoms with van der Waals surface area (Å²) in [6, 6.07) is 2.27. The van der Waals surface area contributed by atoms with E-state index in [-0.39, 0.29) is 0 Å². The molecule has 1 fully saturated rings. The quantitative estimate of drug-likeness (QED) is 0.871. The van der Waals surface area contributed by atoms with Gasteiger partial charge in [0, 0.05) is 45.5 Å². The Balaban J connectivity index is 1.94. The molecule has 0 saturated carbocycles. The predicted octanol–water partition coefficient (Wildman–Crippen LogP) is 2.28. The van der Waals surface area contributed by atoms with Crippen LogP contribution in [0.2, 0.25) is 0 Å². The van der Waals surface area contributed by atoms with Crippen molar-refractivity contribution in [3.05, 3.63) is 23.4 Å². The van der Waals surface area contributed by atoms with Crippen molar-refractivity contribution in [1.82, 2.24) is 15.2 Å². The second-order valence-corrected chi connectivity index (χ2v) is 6.45. The predicted molar refractivity (Wildman–Crippen MR) is 89.8 cm³/mol. The van der Waals surface area contributed by atoms with E-state index in [1.54, 1.807) is 0 Å². The lowest BCUT2D eigenvalue weighted by molar-refractivity contribution is 0.231. The third-order valence-electron chi connectivity index (χ3n) is 3.98. The third kappa shape index (κ3) is 4.68. The van der Waals surface area contributed by atoms with Crippen LogP contribution in [0.3, 0.4) is 0 Å². The zero-order valence-electron chi connectivity index (χ0n) is 14.0. The SMILES string of the molecule is CCNCc1cnc(N2CCN(CC(C)C)CC2)c(C)c1. The molecule has 0 unspecified atom stereocenters.